The molecule has 0 spiro atoms. The summed E-state index contributed by atoms with van der Waals surface area (Å²) in [4.78, 5) is 11.3. The van der Waals surface area contributed by atoms with Crippen molar-refractivity contribution in [1.29, 1.82) is 0 Å². The number of ether oxygens (including phenoxy) is 1. The lowest BCUT2D eigenvalue weighted by molar-refractivity contribution is -0.137. The van der Waals surface area contributed by atoms with Crippen LogP contribution < -0.4 is 0 Å². The zero-order chi connectivity index (χ0) is 17.0. The van der Waals surface area contributed by atoms with Crippen LogP contribution in [0.15, 0.2) is 24.3 Å². The molecule has 2 heteroatoms. The lowest BCUT2D eigenvalue weighted by Gasteiger charge is -2.03. The average Bonchev–Trinajstić information content (AvgIpc) is 2.55. The monoisotopic (exact) mass is 322 g/mol. The molecule has 0 heterocycles. The van der Waals surface area contributed by atoms with Crippen LogP contribution in [0.3, 0.4) is 0 Å². The van der Waals surface area contributed by atoms with Crippen LogP contribution in [-0.2, 0) is 9.53 Å². The molecule has 0 N–H and O–H groups in total. The summed E-state index contributed by atoms with van der Waals surface area (Å²) in [5.74, 6) is -0.234. The summed E-state index contributed by atoms with van der Waals surface area (Å²) in [6.45, 7) is 4.74. The number of carbonyl (C=O) groups excluding carboxylic acids is 1. The minimum absolute atomic E-state index is 0.234. The summed E-state index contributed by atoms with van der Waals surface area (Å²) in [5.41, 5.74) is 0. The molecule has 134 valence electrons. The van der Waals surface area contributed by atoms with Crippen molar-refractivity contribution in [3.8, 4) is 0 Å². The maximum atomic E-state index is 11.3. The fourth-order valence-corrected chi connectivity index (χ4v) is 2.59. The lowest BCUT2D eigenvalue weighted by Crippen LogP contribution is -2.02. The van der Waals surface area contributed by atoms with Gasteiger partial charge in [-0.2, -0.15) is 0 Å². The number of hydrogen-bond acceptors (Lipinski definition) is 2. The van der Waals surface area contributed by atoms with Gasteiger partial charge in [-0.1, -0.05) is 102 Å². The molecule has 0 unspecified atom stereocenters. The van der Waals surface area contributed by atoms with Crippen molar-refractivity contribution < 1.29 is 9.53 Å². The van der Waals surface area contributed by atoms with E-state index in [4.69, 9.17) is 4.74 Å². The van der Waals surface area contributed by atoms with E-state index < -0.39 is 0 Å². The number of carbonyl (C=O) groups is 1. The van der Waals surface area contributed by atoms with Crippen molar-refractivity contribution in [2.24, 2.45) is 0 Å². The van der Waals surface area contributed by atoms with E-state index in [2.05, 4.69) is 6.92 Å². The smallest absolute Gasteiger partial charge is 0.330 e. The van der Waals surface area contributed by atoms with Gasteiger partial charge in [-0.3, -0.25) is 0 Å². The zero-order valence-electron chi connectivity index (χ0n) is 15.5. The predicted octanol–water partition coefficient (Wildman–Crippen LogP) is 6.75. The second kappa shape index (κ2) is 19.0. The van der Waals surface area contributed by atoms with E-state index in [0.717, 1.165) is 6.42 Å². The first-order chi connectivity index (χ1) is 11.3. The first kappa shape index (κ1) is 21.9. The summed E-state index contributed by atoms with van der Waals surface area (Å²) in [6, 6.07) is 0. The number of unbranched alkanes of at least 4 members (excludes halogenated alkanes) is 12. The molecule has 0 aliphatic rings. The molecular formula is C21H38O2. The number of hydrogen-bond donors (Lipinski definition) is 0. The summed E-state index contributed by atoms with van der Waals surface area (Å²) >= 11 is 0. The van der Waals surface area contributed by atoms with E-state index in [1.807, 2.05) is 19.1 Å². The van der Waals surface area contributed by atoms with E-state index in [-0.39, 0.29) is 5.97 Å². The van der Waals surface area contributed by atoms with Crippen molar-refractivity contribution in [1.82, 2.24) is 0 Å². The van der Waals surface area contributed by atoms with Crippen LogP contribution in [0, 0.1) is 0 Å². The van der Waals surface area contributed by atoms with Crippen LogP contribution in [0.2, 0.25) is 0 Å². The molecule has 0 amide bonds. The van der Waals surface area contributed by atoms with Crippen LogP contribution in [0.25, 0.3) is 0 Å². The van der Waals surface area contributed by atoms with Crippen LogP contribution in [0.1, 0.15) is 97.3 Å². The SMILES string of the molecule is C/C=C/C=C/C(=O)OCCCCCCCCCCCCCCC. The average molecular weight is 323 g/mol. The normalized spacial score (nSPS) is 11.6. The van der Waals surface area contributed by atoms with Gasteiger partial charge in [0.2, 0.25) is 0 Å². The van der Waals surface area contributed by atoms with Crippen molar-refractivity contribution in [2.75, 3.05) is 6.61 Å². The Balaban J connectivity index is 3.14. The molecule has 0 bridgehead atoms. The molecule has 0 radical (unpaired) electrons. The highest BCUT2D eigenvalue weighted by Gasteiger charge is 1.97. The van der Waals surface area contributed by atoms with Crippen molar-refractivity contribution >= 4 is 5.97 Å². The largest absolute Gasteiger partial charge is 0.463 e. The Labute approximate surface area is 144 Å². The van der Waals surface area contributed by atoms with E-state index >= 15 is 0 Å². The Morgan fingerprint density at radius 2 is 1.22 bits per heavy atom. The molecule has 0 atom stereocenters. The molecule has 0 aromatic rings. The van der Waals surface area contributed by atoms with Crippen molar-refractivity contribution in [3.05, 3.63) is 24.3 Å². The highest BCUT2D eigenvalue weighted by Crippen LogP contribution is 2.12. The second-order valence-electron chi connectivity index (χ2n) is 6.30. The van der Waals surface area contributed by atoms with Gasteiger partial charge in [0.05, 0.1) is 6.61 Å². The summed E-state index contributed by atoms with van der Waals surface area (Å²) in [5, 5.41) is 0. The number of esters is 1. The van der Waals surface area contributed by atoms with Gasteiger partial charge in [0, 0.05) is 6.08 Å². The van der Waals surface area contributed by atoms with E-state index in [1.165, 1.54) is 83.1 Å². The topological polar surface area (TPSA) is 26.3 Å². The number of allylic oxidation sites excluding steroid dienone is 3. The van der Waals surface area contributed by atoms with Crippen LogP contribution >= 0.6 is 0 Å². The molecule has 23 heavy (non-hydrogen) atoms. The third-order valence-electron chi connectivity index (χ3n) is 4.03. The zero-order valence-corrected chi connectivity index (χ0v) is 15.5. The molecule has 0 saturated carbocycles. The van der Waals surface area contributed by atoms with Gasteiger partial charge in [-0.15, -0.1) is 0 Å². The number of rotatable bonds is 16. The van der Waals surface area contributed by atoms with Gasteiger partial charge in [0.15, 0.2) is 0 Å². The molecule has 0 rings (SSSR count). The summed E-state index contributed by atoms with van der Waals surface area (Å²) in [6.07, 6.45) is 24.2. The molecule has 0 aromatic heterocycles. The second-order valence-corrected chi connectivity index (χ2v) is 6.30. The molecule has 0 fully saturated rings. The molecular weight excluding hydrogens is 284 g/mol. The van der Waals surface area contributed by atoms with Gasteiger partial charge in [-0.25, -0.2) is 4.79 Å². The van der Waals surface area contributed by atoms with Crippen LogP contribution in [-0.4, -0.2) is 12.6 Å². The Bertz CT molecular complexity index is 305. The minimum Gasteiger partial charge on any atom is -0.463 e. The van der Waals surface area contributed by atoms with E-state index in [0.29, 0.717) is 6.61 Å². The Kier molecular flexibility index (Phi) is 18.1. The molecule has 2 nitrogen and oxygen atoms in total. The van der Waals surface area contributed by atoms with E-state index in [9.17, 15) is 4.79 Å². The Morgan fingerprint density at radius 1 is 0.739 bits per heavy atom. The van der Waals surface area contributed by atoms with Gasteiger partial charge in [-0.05, 0) is 13.3 Å². The van der Waals surface area contributed by atoms with Gasteiger partial charge in [0.1, 0.15) is 0 Å². The molecule has 0 aromatic carbocycles. The third kappa shape index (κ3) is 18.9. The van der Waals surface area contributed by atoms with Gasteiger partial charge < -0.3 is 4.74 Å². The first-order valence-electron chi connectivity index (χ1n) is 9.77. The fraction of sp³-hybridized carbons (Fsp3) is 0.762. The lowest BCUT2D eigenvalue weighted by atomic mass is 10.0. The standard InChI is InChI=1S/C21H38O2/c1-3-5-7-8-9-10-11-12-13-14-15-16-18-20-23-21(22)19-17-6-4-2/h4,6,17,19H,3,5,7-16,18,20H2,1-2H3/b6-4+,19-17+. The van der Waals surface area contributed by atoms with Crippen molar-refractivity contribution in [2.45, 2.75) is 97.3 Å². The Hall–Kier alpha value is -1.05. The molecule has 0 aliphatic carbocycles. The predicted molar refractivity (Wildman–Crippen MR) is 101 cm³/mol. The molecule has 0 saturated heterocycles. The maximum Gasteiger partial charge on any atom is 0.330 e. The van der Waals surface area contributed by atoms with Crippen molar-refractivity contribution in [3.63, 3.8) is 0 Å². The quantitative estimate of drug-likeness (QED) is 0.136. The third-order valence-corrected chi connectivity index (χ3v) is 4.03. The fourth-order valence-electron chi connectivity index (χ4n) is 2.59. The van der Waals surface area contributed by atoms with Gasteiger partial charge >= 0.3 is 5.97 Å². The highest BCUT2D eigenvalue weighted by molar-refractivity contribution is 5.82. The van der Waals surface area contributed by atoms with Crippen LogP contribution in [0.5, 0.6) is 0 Å². The summed E-state index contributed by atoms with van der Waals surface area (Å²) in [7, 11) is 0. The molecule has 0 aliphatic heterocycles. The van der Waals surface area contributed by atoms with Gasteiger partial charge in [0.25, 0.3) is 0 Å². The van der Waals surface area contributed by atoms with E-state index in [1.54, 1.807) is 6.08 Å². The highest BCUT2D eigenvalue weighted by atomic mass is 16.5. The summed E-state index contributed by atoms with van der Waals surface area (Å²) < 4.78 is 5.13. The minimum atomic E-state index is -0.234. The van der Waals surface area contributed by atoms with Crippen LogP contribution in [0.4, 0.5) is 0 Å². The Morgan fingerprint density at radius 3 is 1.70 bits per heavy atom. The first-order valence-corrected chi connectivity index (χ1v) is 9.77. The maximum absolute atomic E-state index is 11.3.